The maximum Gasteiger partial charge on any atom is 0.128 e. The predicted octanol–water partition coefficient (Wildman–Crippen LogP) is 5.84. The minimum atomic E-state index is 0.811. The van der Waals surface area contributed by atoms with Gasteiger partial charge in [0.25, 0.3) is 0 Å². The smallest absolute Gasteiger partial charge is 0.128 e. The topological polar surface area (TPSA) is 34.6 Å². The molecule has 1 aromatic heterocycles. The van der Waals surface area contributed by atoms with Gasteiger partial charge in [0, 0.05) is 24.0 Å². The first-order valence-corrected chi connectivity index (χ1v) is 11.0. The van der Waals surface area contributed by atoms with Crippen LogP contribution >= 0.6 is 0 Å². The molecule has 0 radical (unpaired) electrons. The summed E-state index contributed by atoms with van der Waals surface area (Å²) in [6.45, 7) is 5.33. The molecule has 4 heteroatoms. The van der Waals surface area contributed by atoms with Crippen LogP contribution in [0.15, 0.2) is 54.6 Å². The highest BCUT2D eigenvalue weighted by molar-refractivity contribution is 6.09. The normalized spacial score (nSPS) is 14.0. The molecule has 4 nitrogen and oxygen atoms in total. The molecule has 0 saturated heterocycles. The fourth-order valence-electron chi connectivity index (χ4n) is 4.90. The molecule has 0 N–H and O–H groups in total. The van der Waals surface area contributed by atoms with Crippen molar-refractivity contribution in [2.75, 3.05) is 27.3 Å². The van der Waals surface area contributed by atoms with E-state index in [1.165, 1.54) is 27.3 Å². The van der Waals surface area contributed by atoms with Crippen LogP contribution in [0.2, 0.25) is 0 Å². The molecule has 0 bridgehead atoms. The Bertz CT molecular complexity index is 1270. The van der Waals surface area contributed by atoms with E-state index in [0.29, 0.717) is 0 Å². The fraction of sp³-hybridized carbons (Fsp3) is 0.296. The van der Waals surface area contributed by atoms with Crippen molar-refractivity contribution >= 4 is 21.7 Å². The van der Waals surface area contributed by atoms with E-state index in [1.54, 1.807) is 14.2 Å². The number of methoxy groups -OCH3 is 2. The van der Waals surface area contributed by atoms with Gasteiger partial charge in [0.1, 0.15) is 11.5 Å². The van der Waals surface area contributed by atoms with Gasteiger partial charge in [0.15, 0.2) is 0 Å². The molecule has 3 aromatic carbocycles. The Morgan fingerprint density at radius 3 is 2.65 bits per heavy atom. The van der Waals surface area contributed by atoms with Gasteiger partial charge in [-0.3, -0.25) is 4.90 Å². The molecule has 0 aliphatic carbocycles. The van der Waals surface area contributed by atoms with Gasteiger partial charge in [0.05, 0.1) is 25.4 Å². The third kappa shape index (κ3) is 3.41. The second kappa shape index (κ2) is 8.20. The van der Waals surface area contributed by atoms with Crippen molar-refractivity contribution < 1.29 is 9.47 Å². The number of aromatic nitrogens is 1. The molecule has 158 valence electrons. The van der Waals surface area contributed by atoms with Gasteiger partial charge >= 0.3 is 0 Å². The monoisotopic (exact) mass is 412 g/mol. The Kier molecular flexibility index (Phi) is 5.24. The summed E-state index contributed by atoms with van der Waals surface area (Å²) in [6, 6.07) is 18.9. The van der Waals surface area contributed by atoms with Crippen LogP contribution in [0.25, 0.3) is 32.9 Å². The lowest BCUT2D eigenvalue weighted by molar-refractivity contribution is 0.255. The summed E-state index contributed by atoms with van der Waals surface area (Å²) < 4.78 is 11.3. The van der Waals surface area contributed by atoms with Crippen LogP contribution in [0, 0.1) is 0 Å². The number of ether oxygens (including phenoxy) is 2. The van der Waals surface area contributed by atoms with Crippen molar-refractivity contribution in [2.45, 2.75) is 26.3 Å². The second-order valence-electron chi connectivity index (χ2n) is 8.19. The summed E-state index contributed by atoms with van der Waals surface area (Å²) in [5.41, 5.74) is 5.78. The molecule has 1 aliphatic rings. The Morgan fingerprint density at radius 1 is 0.968 bits per heavy atom. The summed E-state index contributed by atoms with van der Waals surface area (Å²) in [5, 5.41) is 3.86. The zero-order valence-corrected chi connectivity index (χ0v) is 18.4. The van der Waals surface area contributed by atoms with Gasteiger partial charge in [-0.2, -0.15) is 0 Å². The quantitative estimate of drug-likeness (QED) is 0.386. The average Bonchev–Trinajstić information content (AvgIpc) is 2.83. The molecular weight excluding hydrogens is 384 g/mol. The SMILES string of the molecule is CCCN1CCc2c(c(-c3cc(OC)ccc3OC)nc3ccc4ccccc4c23)C1. The van der Waals surface area contributed by atoms with E-state index in [9.17, 15) is 0 Å². The van der Waals surface area contributed by atoms with Gasteiger partial charge in [-0.1, -0.05) is 37.3 Å². The third-order valence-electron chi connectivity index (χ3n) is 6.35. The first kappa shape index (κ1) is 19.8. The van der Waals surface area contributed by atoms with E-state index < -0.39 is 0 Å². The largest absolute Gasteiger partial charge is 0.497 e. The molecule has 0 amide bonds. The number of hydrogen-bond donors (Lipinski definition) is 0. The van der Waals surface area contributed by atoms with Crippen LogP contribution in [-0.4, -0.2) is 37.2 Å². The van der Waals surface area contributed by atoms with Crippen LogP contribution in [0.3, 0.4) is 0 Å². The molecule has 2 heterocycles. The Balaban J connectivity index is 1.84. The lowest BCUT2D eigenvalue weighted by Gasteiger charge is -2.31. The molecule has 0 unspecified atom stereocenters. The number of benzene rings is 3. The highest BCUT2D eigenvalue weighted by atomic mass is 16.5. The van der Waals surface area contributed by atoms with Crippen molar-refractivity contribution in [3.63, 3.8) is 0 Å². The Labute approximate surface area is 183 Å². The molecule has 4 aromatic rings. The van der Waals surface area contributed by atoms with Crippen molar-refractivity contribution in [1.29, 1.82) is 0 Å². The fourth-order valence-corrected chi connectivity index (χ4v) is 4.90. The number of fused-ring (bicyclic) bond motifs is 5. The number of pyridine rings is 1. The van der Waals surface area contributed by atoms with Crippen LogP contribution in [0.4, 0.5) is 0 Å². The minimum absolute atomic E-state index is 0.811. The summed E-state index contributed by atoms with van der Waals surface area (Å²) in [5.74, 6) is 1.63. The number of hydrogen-bond acceptors (Lipinski definition) is 4. The van der Waals surface area contributed by atoms with Gasteiger partial charge in [-0.25, -0.2) is 4.98 Å². The van der Waals surface area contributed by atoms with Gasteiger partial charge < -0.3 is 9.47 Å². The van der Waals surface area contributed by atoms with Crippen LogP contribution in [0.5, 0.6) is 11.5 Å². The van der Waals surface area contributed by atoms with Crippen molar-refractivity contribution in [2.24, 2.45) is 0 Å². The molecule has 0 spiro atoms. The summed E-state index contributed by atoms with van der Waals surface area (Å²) >= 11 is 0. The molecule has 0 saturated carbocycles. The van der Waals surface area contributed by atoms with Gasteiger partial charge in [-0.15, -0.1) is 0 Å². The number of rotatable bonds is 5. The minimum Gasteiger partial charge on any atom is -0.497 e. The van der Waals surface area contributed by atoms with E-state index in [0.717, 1.165) is 60.7 Å². The van der Waals surface area contributed by atoms with E-state index >= 15 is 0 Å². The second-order valence-corrected chi connectivity index (χ2v) is 8.19. The van der Waals surface area contributed by atoms with Gasteiger partial charge in [-0.05, 0) is 65.6 Å². The Hall–Kier alpha value is -3.11. The van der Waals surface area contributed by atoms with Crippen molar-refractivity contribution in [3.8, 4) is 22.8 Å². The van der Waals surface area contributed by atoms with Gasteiger partial charge in [0.2, 0.25) is 0 Å². The lowest BCUT2D eigenvalue weighted by atomic mass is 9.89. The van der Waals surface area contributed by atoms with E-state index in [4.69, 9.17) is 14.5 Å². The molecular formula is C27H28N2O2. The first-order chi connectivity index (χ1) is 15.2. The van der Waals surface area contributed by atoms with Crippen LogP contribution in [-0.2, 0) is 13.0 Å². The standard InChI is InChI=1S/C27H28N2O2/c1-4-14-29-15-13-21-23(17-29)27(22-16-19(30-2)10-12-25(22)31-3)28-24-11-9-18-7-5-6-8-20(18)26(21)24/h5-12,16H,4,13-15,17H2,1-3H3. The molecule has 1 aliphatic heterocycles. The molecule has 31 heavy (non-hydrogen) atoms. The predicted molar refractivity (Wildman–Crippen MR) is 127 cm³/mol. The van der Waals surface area contributed by atoms with Crippen LogP contribution < -0.4 is 9.47 Å². The van der Waals surface area contributed by atoms with Crippen molar-refractivity contribution in [3.05, 3.63) is 65.7 Å². The first-order valence-electron chi connectivity index (χ1n) is 11.0. The molecule has 0 atom stereocenters. The third-order valence-corrected chi connectivity index (χ3v) is 6.35. The summed E-state index contributed by atoms with van der Waals surface area (Å²) in [4.78, 5) is 7.76. The maximum absolute atomic E-state index is 5.74. The zero-order valence-electron chi connectivity index (χ0n) is 18.4. The Morgan fingerprint density at radius 2 is 1.84 bits per heavy atom. The van der Waals surface area contributed by atoms with Crippen molar-refractivity contribution in [1.82, 2.24) is 9.88 Å². The maximum atomic E-state index is 5.74. The van der Waals surface area contributed by atoms with E-state index in [2.05, 4.69) is 48.2 Å². The average molecular weight is 413 g/mol. The molecule has 0 fully saturated rings. The summed E-state index contributed by atoms with van der Waals surface area (Å²) in [7, 11) is 3.42. The highest BCUT2D eigenvalue weighted by Gasteiger charge is 2.25. The lowest BCUT2D eigenvalue weighted by Crippen LogP contribution is -2.32. The summed E-state index contributed by atoms with van der Waals surface area (Å²) in [6.07, 6.45) is 2.18. The zero-order chi connectivity index (χ0) is 21.4. The van der Waals surface area contributed by atoms with Crippen LogP contribution in [0.1, 0.15) is 24.5 Å². The number of nitrogens with zero attached hydrogens (tertiary/aromatic N) is 2. The van der Waals surface area contributed by atoms with E-state index in [-0.39, 0.29) is 0 Å². The van der Waals surface area contributed by atoms with E-state index in [1.807, 2.05) is 18.2 Å². The molecule has 5 rings (SSSR count). The highest BCUT2D eigenvalue weighted by Crippen LogP contribution is 2.41.